The summed E-state index contributed by atoms with van der Waals surface area (Å²) >= 11 is 0. The number of carbonyl (C=O) groups excluding carboxylic acids is 5. The van der Waals surface area contributed by atoms with Crippen molar-refractivity contribution in [2.75, 3.05) is 13.2 Å². The molecule has 6 atom stereocenters. The van der Waals surface area contributed by atoms with Gasteiger partial charge in [0.2, 0.25) is 17.6 Å². The zero-order valence-electron chi connectivity index (χ0n) is 28.1. The van der Waals surface area contributed by atoms with Crippen molar-refractivity contribution in [3.8, 4) is 0 Å². The maximum absolute atomic E-state index is 14.2. The predicted molar refractivity (Wildman–Crippen MR) is 164 cm³/mol. The first-order chi connectivity index (χ1) is 19.4. The zero-order valence-corrected chi connectivity index (χ0v) is 28.1. The molecule has 2 aliphatic carbocycles. The molecule has 0 aromatic rings. The highest BCUT2D eigenvalue weighted by Gasteiger charge is 2.70. The van der Waals surface area contributed by atoms with Gasteiger partial charge in [-0.3, -0.25) is 19.2 Å². The molecular weight excluding hydrogens is 550 g/mol. The molecule has 11 nitrogen and oxygen atoms in total. The van der Waals surface area contributed by atoms with Crippen LogP contribution in [0.4, 0.5) is 4.79 Å². The normalized spacial score (nSPS) is 25.2. The number of primary amides is 1. The van der Waals surface area contributed by atoms with Crippen molar-refractivity contribution in [2.24, 2.45) is 39.7 Å². The predicted octanol–water partition coefficient (Wildman–Crippen LogP) is 2.75. The Morgan fingerprint density at radius 2 is 1.49 bits per heavy atom. The first-order valence-electron chi connectivity index (χ1n) is 15.6. The summed E-state index contributed by atoms with van der Waals surface area (Å²) in [7, 11) is 0. The van der Waals surface area contributed by atoms with Crippen molar-refractivity contribution >= 4 is 29.5 Å². The largest absolute Gasteiger partial charge is 0.374 e. The summed E-state index contributed by atoms with van der Waals surface area (Å²) in [6.45, 7) is 22.3. The molecule has 1 saturated heterocycles. The number of piperidine rings is 1. The van der Waals surface area contributed by atoms with Crippen LogP contribution in [0.25, 0.3) is 0 Å². The number of nitrogens with two attached hydrogens (primary N) is 1. The van der Waals surface area contributed by atoms with Crippen molar-refractivity contribution in [1.29, 1.82) is 0 Å². The Morgan fingerprint density at radius 1 is 0.907 bits per heavy atom. The van der Waals surface area contributed by atoms with Gasteiger partial charge in [-0.1, -0.05) is 68.2 Å². The van der Waals surface area contributed by atoms with Gasteiger partial charge < -0.3 is 31.3 Å². The molecule has 11 heteroatoms. The number of hydrogen-bond acceptors (Lipinski definition) is 6. The summed E-state index contributed by atoms with van der Waals surface area (Å²) in [6, 6.07) is -3.59. The van der Waals surface area contributed by atoms with Gasteiger partial charge in [-0.25, -0.2) is 4.79 Å². The third kappa shape index (κ3) is 8.48. The lowest BCUT2D eigenvalue weighted by Gasteiger charge is -2.39. The van der Waals surface area contributed by atoms with E-state index in [-0.39, 0.29) is 46.1 Å². The number of amides is 5. The molecule has 0 bridgehead atoms. The summed E-state index contributed by atoms with van der Waals surface area (Å²) in [4.78, 5) is 67.3. The maximum atomic E-state index is 14.2. The van der Waals surface area contributed by atoms with E-state index < -0.39 is 47.2 Å². The molecule has 1 unspecified atom stereocenters. The minimum absolute atomic E-state index is 0.101. The van der Waals surface area contributed by atoms with Crippen LogP contribution in [0.5, 0.6) is 0 Å². The smallest absolute Gasteiger partial charge is 0.315 e. The monoisotopic (exact) mass is 605 g/mol. The Morgan fingerprint density at radius 3 is 1.95 bits per heavy atom. The quantitative estimate of drug-likeness (QED) is 0.265. The fraction of sp³-hybridized carbons (Fsp3) is 0.844. The first-order valence-corrected chi connectivity index (χ1v) is 15.6. The number of hydrogen-bond donors (Lipinski definition) is 4. The number of nitrogens with one attached hydrogen (secondary N) is 3. The highest BCUT2D eigenvalue weighted by molar-refractivity contribution is 6.37. The third-order valence-electron chi connectivity index (χ3n) is 9.32. The molecular formula is C32H55N5O6. The molecule has 1 heterocycles. The number of rotatable bonds is 11. The Kier molecular flexibility index (Phi) is 9.72. The molecule has 0 radical (unpaired) electrons. The lowest BCUT2D eigenvalue weighted by atomic mass is 9.85. The average molecular weight is 606 g/mol. The summed E-state index contributed by atoms with van der Waals surface area (Å²) in [5.74, 6) is -2.46. The van der Waals surface area contributed by atoms with Crippen LogP contribution in [0.15, 0.2) is 0 Å². The van der Waals surface area contributed by atoms with E-state index in [0.29, 0.717) is 19.6 Å². The van der Waals surface area contributed by atoms with Gasteiger partial charge in [0.1, 0.15) is 12.1 Å². The molecule has 3 rings (SSSR count). The standard InChI is InChI=1S/C32H55N5O6/c1-29(2,3)20(16-43-31(7,8)9)35-28(42)36-24(30(4,5)6)27(41)37-15-18-21(32(18,10)11)22(37)26(40)34-19(14-17-12-13-17)23(38)25(33)39/h17-22,24H,12-16H2,1-11H3,(H2,33,39)(H,34,40)(H2,35,36,42)/t18-,19?,20+,21-,22-,24+/m0/s1. The number of urea groups is 1. The minimum Gasteiger partial charge on any atom is -0.374 e. The summed E-state index contributed by atoms with van der Waals surface area (Å²) < 4.78 is 5.97. The molecule has 5 N–H and O–H groups in total. The lowest BCUT2D eigenvalue weighted by Crippen LogP contribution is -2.62. The third-order valence-corrected chi connectivity index (χ3v) is 9.32. The van der Waals surface area contributed by atoms with Gasteiger partial charge in [-0.2, -0.15) is 0 Å². The van der Waals surface area contributed by atoms with Crippen LogP contribution in [-0.2, 0) is 23.9 Å². The van der Waals surface area contributed by atoms with Gasteiger partial charge in [0.25, 0.3) is 5.91 Å². The minimum atomic E-state index is -1.08. The van der Waals surface area contributed by atoms with E-state index >= 15 is 0 Å². The van der Waals surface area contributed by atoms with E-state index in [9.17, 15) is 24.0 Å². The average Bonchev–Trinajstić information content (AvgIpc) is 3.69. The summed E-state index contributed by atoms with van der Waals surface area (Å²) in [5.41, 5.74) is 3.77. The molecule has 3 fully saturated rings. The van der Waals surface area contributed by atoms with E-state index in [4.69, 9.17) is 10.5 Å². The Balaban J connectivity index is 1.81. The van der Waals surface area contributed by atoms with Gasteiger partial charge in [-0.15, -0.1) is 0 Å². The molecule has 0 spiro atoms. The number of fused-ring (bicyclic) bond motifs is 1. The molecule has 0 aromatic carbocycles. The Hall–Kier alpha value is -2.69. The fourth-order valence-corrected chi connectivity index (χ4v) is 6.15. The second kappa shape index (κ2) is 12.0. The van der Waals surface area contributed by atoms with Crippen LogP contribution in [0.2, 0.25) is 0 Å². The van der Waals surface area contributed by atoms with Crippen molar-refractivity contribution in [1.82, 2.24) is 20.9 Å². The van der Waals surface area contributed by atoms with E-state index in [0.717, 1.165) is 12.8 Å². The van der Waals surface area contributed by atoms with Gasteiger partial charge in [0, 0.05) is 6.54 Å². The second-order valence-corrected chi connectivity index (χ2v) is 16.6. The van der Waals surface area contributed by atoms with Crippen LogP contribution in [0, 0.1) is 34.0 Å². The van der Waals surface area contributed by atoms with Crippen LogP contribution in [0.3, 0.4) is 0 Å². The summed E-state index contributed by atoms with van der Waals surface area (Å²) in [5, 5.41) is 8.70. The van der Waals surface area contributed by atoms with Gasteiger partial charge >= 0.3 is 6.03 Å². The fourth-order valence-electron chi connectivity index (χ4n) is 6.15. The molecule has 2 saturated carbocycles. The number of likely N-dealkylation sites (tertiary alicyclic amines) is 1. The van der Waals surface area contributed by atoms with Crippen molar-refractivity contribution in [3.05, 3.63) is 0 Å². The molecule has 3 aliphatic rings. The molecule has 1 aliphatic heterocycles. The van der Waals surface area contributed by atoms with Crippen LogP contribution in [-0.4, -0.2) is 77.4 Å². The number of ether oxygens (including phenoxy) is 1. The Bertz CT molecular complexity index is 1110. The molecule has 0 aromatic heterocycles. The van der Waals surface area contributed by atoms with Crippen LogP contribution < -0.4 is 21.7 Å². The van der Waals surface area contributed by atoms with Crippen molar-refractivity contribution in [3.63, 3.8) is 0 Å². The highest BCUT2D eigenvalue weighted by Crippen LogP contribution is 2.65. The SMILES string of the molecule is CC(C)(C)OC[C@@H](NC(=O)N[C@H](C(=O)N1C[C@H]2[C@@H]([C@H]1C(=O)NC(CC1CC1)C(=O)C(N)=O)C2(C)C)C(C)(C)C)C(C)(C)C. The van der Waals surface area contributed by atoms with Gasteiger partial charge in [0.15, 0.2) is 0 Å². The number of Topliss-reactive ketones (excluding diaryl/α,β-unsaturated/α-hetero) is 1. The molecule has 244 valence electrons. The first kappa shape index (κ1) is 34.8. The highest BCUT2D eigenvalue weighted by atomic mass is 16.5. The zero-order chi connectivity index (χ0) is 32.9. The van der Waals surface area contributed by atoms with E-state index in [1.54, 1.807) is 4.90 Å². The lowest BCUT2D eigenvalue weighted by molar-refractivity contribution is -0.145. The topological polar surface area (TPSA) is 160 Å². The number of nitrogens with zero attached hydrogens (tertiary/aromatic N) is 1. The second-order valence-electron chi connectivity index (χ2n) is 16.6. The van der Waals surface area contributed by atoms with Crippen LogP contribution in [0.1, 0.15) is 95.4 Å². The van der Waals surface area contributed by atoms with E-state index in [2.05, 4.69) is 29.8 Å². The van der Waals surface area contributed by atoms with E-state index in [1.165, 1.54) is 0 Å². The van der Waals surface area contributed by atoms with E-state index in [1.807, 2.05) is 62.3 Å². The summed E-state index contributed by atoms with van der Waals surface area (Å²) in [6.07, 6.45) is 2.22. The van der Waals surface area contributed by atoms with Crippen LogP contribution >= 0.6 is 0 Å². The van der Waals surface area contributed by atoms with Gasteiger partial charge in [-0.05, 0) is 61.2 Å². The maximum Gasteiger partial charge on any atom is 0.315 e. The number of carbonyl (C=O) groups is 5. The number of ketones is 1. The molecule has 5 amide bonds. The molecule has 43 heavy (non-hydrogen) atoms. The van der Waals surface area contributed by atoms with Crippen molar-refractivity contribution in [2.45, 2.75) is 125 Å². The van der Waals surface area contributed by atoms with Crippen molar-refractivity contribution < 1.29 is 28.7 Å². The Labute approximate surface area is 257 Å². The van der Waals surface area contributed by atoms with Gasteiger partial charge in [0.05, 0.1) is 24.3 Å².